The summed E-state index contributed by atoms with van der Waals surface area (Å²) in [7, 11) is 0. The van der Waals surface area contributed by atoms with Crippen molar-refractivity contribution in [2.24, 2.45) is 5.73 Å². The SMILES string of the molecule is CC(=O)O.NCc1ccc(C(=O)NCC(=O)NCCNC(=O)Cc2ccccc2)cc1. The van der Waals surface area contributed by atoms with Crippen molar-refractivity contribution in [3.63, 3.8) is 0 Å². The van der Waals surface area contributed by atoms with Crippen LogP contribution in [-0.2, 0) is 27.3 Å². The minimum atomic E-state index is -0.833. The number of hydrogen-bond donors (Lipinski definition) is 5. The smallest absolute Gasteiger partial charge is 0.300 e. The first-order valence-electron chi connectivity index (χ1n) is 9.66. The molecule has 0 unspecified atom stereocenters. The van der Waals surface area contributed by atoms with Gasteiger partial charge in [0.25, 0.3) is 11.9 Å². The Bertz CT molecular complexity index is 850. The van der Waals surface area contributed by atoms with Crippen LogP contribution in [0, 0.1) is 0 Å². The molecule has 0 aliphatic carbocycles. The molecule has 0 spiro atoms. The molecule has 0 aliphatic heterocycles. The van der Waals surface area contributed by atoms with Gasteiger partial charge in [0.15, 0.2) is 0 Å². The van der Waals surface area contributed by atoms with E-state index >= 15 is 0 Å². The maximum Gasteiger partial charge on any atom is 0.300 e. The second kappa shape index (κ2) is 14.3. The first kappa shape index (κ1) is 25.3. The molecule has 9 nitrogen and oxygen atoms in total. The summed E-state index contributed by atoms with van der Waals surface area (Å²) in [6, 6.07) is 16.3. The number of benzene rings is 2. The average Bonchev–Trinajstić information content (AvgIpc) is 2.75. The van der Waals surface area contributed by atoms with E-state index in [0.29, 0.717) is 31.6 Å². The highest BCUT2D eigenvalue weighted by atomic mass is 16.4. The van der Waals surface area contributed by atoms with Crippen LogP contribution in [0.5, 0.6) is 0 Å². The summed E-state index contributed by atoms with van der Waals surface area (Å²) < 4.78 is 0. The Labute approximate surface area is 181 Å². The van der Waals surface area contributed by atoms with Gasteiger partial charge in [-0.05, 0) is 23.3 Å². The van der Waals surface area contributed by atoms with Crippen molar-refractivity contribution in [2.75, 3.05) is 19.6 Å². The van der Waals surface area contributed by atoms with Crippen LogP contribution >= 0.6 is 0 Å². The summed E-state index contributed by atoms with van der Waals surface area (Å²) in [6.45, 7) is 1.98. The van der Waals surface area contributed by atoms with Crippen molar-refractivity contribution in [3.8, 4) is 0 Å². The van der Waals surface area contributed by atoms with Crippen LogP contribution < -0.4 is 21.7 Å². The molecule has 0 bridgehead atoms. The van der Waals surface area contributed by atoms with Gasteiger partial charge in [0.1, 0.15) is 0 Å². The van der Waals surface area contributed by atoms with Crippen LogP contribution in [0.2, 0.25) is 0 Å². The summed E-state index contributed by atoms with van der Waals surface area (Å²) in [4.78, 5) is 44.5. The standard InChI is InChI=1S/C20H24N4O3.C2H4O2/c21-13-16-6-8-17(9-7-16)20(27)24-14-19(26)23-11-10-22-18(25)12-15-4-2-1-3-5-15;1-2(3)4/h1-9H,10-14,21H2,(H,22,25)(H,23,26)(H,24,27);1H3,(H,3,4). The Morgan fingerprint density at radius 3 is 1.90 bits per heavy atom. The van der Waals surface area contributed by atoms with Gasteiger partial charge in [-0.3, -0.25) is 19.2 Å². The maximum absolute atomic E-state index is 12.0. The zero-order valence-electron chi connectivity index (χ0n) is 17.4. The Balaban J connectivity index is 0.00000110. The molecule has 166 valence electrons. The summed E-state index contributed by atoms with van der Waals surface area (Å²) in [5.41, 5.74) is 7.84. The fourth-order valence-corrected chi connectivity index (χ4v) is 2.36. The Morgan fingerprint density at radius 2 is 1.35 bits per heavy atom. The molecule has 3 amide bonds. The van der Waals surface area contributed by atoms with Crippen molar-refractivity contribution >= 4 is 23.7 Å². The highest BCUT2D eigenvalue weighted by Gasteiger charge is 2.08. The summed E-state index contributed by atoms with van der Waals surface area (Å²) in [5, 5.41) is 15.3. The molecule has 9 heteroatoms. The number of hydrogen-bond acceptors (Lipinski definition) is 5. The molecule has 0 fully saturated rings. The number of carboxylic acid groups (broad SMARTS) is 1. The molecule has 0 heterocycles. The number of carbonyl (C=O) groups is 4. The van der Waals surface area contributed by atoms with E-state index in [1.54, 1.807) is 24.3 Å². The molecule has 0 saturated carbocycles. The Kier molecular flexibility index (Phi) is 11.7. The van der Waals surface area contributed by atoms with Crippen LogP contribution in [0.3, 0.4) is 0 Å². The van der Waals surface area contributed by atoms with Crippen LogP contribution in [-0.4, -0.2) is 48.4 Å². The number of rotatable bonds is 9. The van der Waals surface area contributed by atoms with Gasteiger partial charge in [-0.1, -0.05) is 42.5 Å². The van der Waals surface area contributed by atoms with Gasteiger partial charge < -0.3 is 26.8 Å². The van der Waals surface area contributed by atoms with Crippen molar-refractivity contribution in [1.82, 2.24) is 16.0 Å². The van der Waals surface area contributed by atoms with E-state index in [0.717, 1.165) is 18.1 Å². The molecule has 0 radical (unpaired) electrons. The van der Waals surface area contributed by atoms with Crippen molar-refractivity contribution in [2.45, 2.75) is 19.9 Å². The highest BCUT2D eigenvalue weighted by molar-refractivity contribution is 5.96. The van der Waals surface area contributed by atoms with E-state index in [2.05, 4.69) is 16.0 Å². The molecule has 2 aromatic rings. The molecule has 0 saturated heterocycles. The molecule has 2 aromatic carbocycles. The third-order valence-corrected chi connectivity index (χ3v) is 3.84. The maximum atomic E-state index is 12.0. The average molecular weight is 428 g/mol. The molecule has 0 aliphatic rings. The van der Waals surface area contributed by atoms with E-state index in [4.69, 9.17) is 15.6 Å². The van der Waals surface area contributed by atoms with Gasteiger partial charge >= 0.3 is 0 Å². The second-order valence-electron chi connectivity index (χ2n) is 6.47. The monoisotopic (exact) mass is 428 g/mol. The second-order valence-corrected chi connectivity index (χ2v) is 6.47. The van der Waals surface area contributed by atoms with Gasteiger partial charge in [-0.15, -0.1) is 0 Å². The molecular weight excluding hydrogens is 400 g/mol. The fourth-order valence-electron chi connectivity index (χ4n) is 2.36. The van der Waals surface area contributed by atoms with Crippen LogP contribution in [0.4, 0.5) is 0 Å². The number of aliphatic carboxylic acids is 1. The van der Waals surface area contributed by atoms with Gasteiger partial charge in [-0.25, -0.2) is 0 Å². The van der Waals surface area contributed by atoms with Gasteiger partial charge in [0, 0.05) is 32.1 Å². The van der Waals surface area contributed by atoms with Crippen LogP contribution in [0.1, 0.15) is 28.4 Å². The molecule has 31 heavy (non-hydrogen) atoms. The van der Waals surface area contributed by atoms with Crippen LogP contribution in [0.25, 0.3) is 0 Å². The lowest BCUT2D eigenvalue weighted by Gasteiger charge is -2.08. The number of nitrogens with two attached hydrogens (primary N) is 1. The molecule has 2 rings (SSSR count). The first-order chi connectivity index (χ1) is 14.8. The highest BCUT2D eigenvalue weighted by Crippen LogP contribution is 2.03. The number of carboxylic acids is 1. The number of nitrogens with one attached hydrogen (secondary N) is 3. The minimum absolute atomic E-state index is 0.107. The summed E-state index contributed by atoms with van der Waals surface area (Å²) in [5.74, 6) is -1.59. The van der Waals surface area contributed by atoms with E-state index in [-0.39, 0.29) is 24.3 Å². The summed E-state index contributed by atoms with van der Waals surface area (Å²) in [6.07, 6.45) is 0.299. The van der Waals surface area contributed by atoms with Gasteiger partial charge in [0.05, 0.1) is 13.0 Å². The van der Waals surface area contributed by atoms with Crippen molar-refractivity contribution < 1.29 is 24.3 Å². The Hall–Kier alpha value is -3.72. The predicted octanol–water partition coefficient (Wildman–Crippen LogP) is 0.441. The minimum Gasteiger partial charge on any atom is -0.481 e. The molecule has 6 N–H and O–H groups in total. The van der Waals surface area contributed by atoms with Crippen molar-refractivity contribution in [3.05, 3.63) is 71.3 Å². The number of carbonyl (C=O) groups excluding carboxylic acids is 3. The normalized spacial score (nSPS) is 9.61. The zero-order valence-corrected chi connectivity index (χ0v) is 17.4. The summed E-state index contributed by atoms with van der Waals surface area (Å²) >= 11 is 0. The lowest BCUT2D eigenvalue weighted by atomic mass is 10.1. The third kappa shape index (κ3) is 11.8. The van der Waals surface area contributed by atoms with E-state index < -0.39 is 5.97 Å². The molecule has 0 atom stereocenters. The lowest BCUT2D eigenvalue weighted by molar-refractivity contribution is -0.134. The first-order valence-corrected chi connectivity index (χ1v) is 9.66. The van der Waals surface area contributed by atoms with E-state index in [1.165, 1.54) is 0 Å². The largest absolute Gasteiger partial charge is 0.481 e. The van der Waals surface area contributed by atoms with E-state index in [9.17, 15) is 14.4 Å². The van der Waals surface area contributed by atoms with Gasteiger partial charge in [0.2, 0.25) is 11.8 Å². The third-order valence-electron chi connectivity index (χ3n) is 3.84. The fraction of sp³-hybridized carbons (Fsp3) is 0.273. The predicted molar refractivity (Wildman–Crippen MR) is 116 cm³/mol. The Morgan fingerprint density at radius 1 is 0.806 bits per heavy atom. The topological polar surface area (TPSA) is 151 Å². The van der Waals surface area contributed by atoms with E-state index in [1.807, 2.05) is 30.3 Å². The number of amides is 3. The van der Waals surface area contributed by atoms with Gasteiger partial charge in [-0.2, -0.15) is 0 Å². The van der Waals surface area contributed by atoms with Crippen LogP contribution in [0.15, 0.2) is 54.6 Å². The van der Waals surface area contributed by atoms with Crippen molar-refractivity contribution in [1.29, 1.82) is 0 Å². The molecular formula is C22H28N4O5. The zero-order chi connectivity index (χ0) is 23.1. The quantitative estimate of drug-likeness (QED) is 0.366. The lowest BCUT2D eigenvalue weighted by Crippen LogP contribution is -2.40. The molecule has 0 aromatic heterocycles.